The summed E-state index contributed by atoms with van der Waals surface area (Å²) in [5, 5.41) is 63.7. The SMILES string of the molecule is CC1=C(/C=C/C(C)=C/C=C/C(C)=C/COC(=O)CBr)C(C)(C)CCC1.CC1=C(/C=C/C(C)=C/C=C/C(C)=C/COC(=O)COC2=C(O)C(=O)OC2C(O)CO)C(C)(C)CCC1.O=C1OC(C(O)CO)C(O)=C1O. The van der Waals surface area contributed by atoms with E-state index in [0.717, 1.165) is 23.1 Å². The Kier molecular flexibility index (Phi) is 27.0. The van der Waals surface area contributed by atoms with E-state index >= 15 is 0 Å². The van der Waals surface area contributed by atoms with Crippen molar-refractivity contribution in [2.75, 3.05) is 38.4 Å². The number of ether oxygens (including phenoxy) is 5. The van der Waals surface area contributed by atoms with Crippen molar-refractivity contribution in [3.63, 3.8) is 0 Å². The molecule has 0 spiro atoms. The summed E-state index contributed by atoms with van der Waals surface area (Å²) < 4.78 is 24.2. The van der Waals surface area contributed by atoms with Crippen molar-refractivity contribution in [2.45, 2.75) is 132 Å². The molecule has 404 valence electrons. The molecule has 0 saturated carbocycles. The Morgan fingerprint density at radius 3 is 1.51 bits per heavy atom. The minimum Gasteiger partial charge on any atom is -0.505 e. The molecule has 0 aromatic rings. The number of halogens is 1. The van der Waals surface area contributed by atoms with Crippen LogP contribution in [0.15, 0.2) is 141 Å². The van der Waals surface area contributed by atoms with Gasteiger partial charge in [0.05, 0.1) is 13.2 Å². The second-order valence-electron chi connectivity index (χ2n) is 19.4. The predicted octanol–water partition coefficient (Wildman–Crippen LogP) is 9.17. The molecule has 7 N–H and O–H groups in total. The number of cyclic esters (lactones) is 2. The van der Waals surface area contributed by atoms with Crippen LogP contribution in [0, 0.1) is 10.8 Å². The van der Waals surface area contributed by atoms with Crippen LogP contribution < -0.4 is 0 Å². The zero-order valence-electron chi connectivity index (χ0n) is 43.9. The summed E-state index contributed by atoms with van der Waals surface area (Å²) in [6.07, 6.45) is 26.2. The molecule has 4 atom stereocenters. The quantitative estimate of drug-likeness (QED) is 0.0260. The van der Waals surface area contributed by atoms with Crippen LogP contribution in [0.2, 0.25) is 0 Å². The first kappa shape index (κ1) is 63.4. The predicted molar refractivity (Wildman–Crippen MR) is 282 cm³/mol. The molecule has 0 saturated heterocycles. The number of aliphatic hydroxyl groups is 7. The lowest BCUT2D eigenvalue weighted by Gasteiger charge is -2.33. The summed E-state index contributed by atoms with van der Waals surface area (Å²) in [5.74, 6) is -6.14. The highest BCUT2D eigenvalue weighted by Crippen LogP contribution is 2.42. The van der Waals surface area contributed by atoms with Gasteiger partial charge in [-0.25, -0.2) is 14.4 Å². The Balaban J connectivity index is 0.000000424. The fraction of sp³-hybridized carbons (Fsp3) is 0.500. The van der Waals surface area contributed by atoms with Gasteiger partial charge in [0.1, 0.15) is 30.8 Å². The van der Waals surface area contributed by atoms with Crippen LogP contribution >= 0.6 is 15.9 Å². The lowest BCUT2D eigenvalue weighted by Crippen LogP contribution is -2.33. The molecule has 4 unspecified atom stereocenters. The number of alkyl halides is 1. The van der Waals surface area contributed by atoms with Crippen LogP contribution in [0.25, 0.3) is 0 Å². The highest BCUT2D eigenvalue weighted by molar-refractivity contribution is 9.09. The maximum atomic E-state index is 11.9. The molecule has 16 nitrogen and oxygen atoms in total. The number of carbonyl (C=O) groups excluding carboxylic acids is 4. The molecule has 0 aromatic heterocycles. The number of esters is 4. The number of hydrogen-bond acceptors (Lipinski definition) is 16. The number of allylic oxidation sites excluding steroid dienone is 18. The van der Waals surface area contributed by atoms with Crippen LogP contribution in [-0.2, 0) is 42.9 Å². The monoisotopic (exact) mass is 1080 g/mol. The lowest BCUT2D eigenvalue weighted by molar-refractivity contribution is -0.150. The third-order valence-electron chi connectivity index (χ3n) is 12.2. The fourth-order valence-electron chi connectivity index (χ4n) is 7.93. The number of aliphatic hydroxyl groups excluding tert-OH is 7. The first-order valence-corrected chi connectivity index (χ1v) is 25.3. The molecule has 0 bridgehead atoms. The molecule has 2 aliphatic carbocycles. The van der Waals surface area contributed by atoms with E-state index in [4.69, 9.17) is 44.5 Å². The standard InChI is InChI=1S/C28H38O8.C22H31BrO2.C6H8O6/c1-18(11-12-21-20(3)10-7-14-28(21,4)5)8-6-9-19(2)13-15-34-23(31)17-35-26-24(32)27(33)36-25(26)22(30)16-29;1-17(8-6-9-18(2)13-15-25-21(24)16-23)11-12-20-19(3)10-7-14-22(20,4)5;7-1-2(8)5-3(9)4(10)6(11)12-5/h6,8-9,11-13,22,25,29-30,32H,7,10,14-17H2,1-5H3;6,8-9,11-13H,7,10,14-16H2,1-5H3;2,5,7-10H,1H2/b9-6+,12-11+,18-8+,19-13+;9-6+,12-11+,17-8+,18-13+;. The Morgan fingerprint density at radius 2 is 1.10 bits per heavy atom. The van der Waals surface area contributed by atoms with Gasteiger partial charge >= 0.3 is 23.9 Å². The molecule has 0 aromatic carbocycles. The summed E-state index contributed by atoms with van der Waals surface area (Å²) in [6.45, 7) is 20.1. The Bertz CT molecular complexity index is 2330. The van der Waals surface area contributed by atoms with Gasteiger partial charge in [-0.3, -0.25) is 4.79 Å². The van der Waals surface area contributed by atoms with Gasteiger partial charge < -0.3 is 59.4 Å². The molecule has 17 heteroatoms. The number of rotatable bonds is 20. The lowest BCUT2D eigenvalue weighted by atomic mass is 9.72. The van der Waals surface area contributed by atoms with Gasteiger partial charge in [0.2, 0.25) is 11.5 Å². The van der Waals surface area contributed by atoms with Crippen LogP contribution in [0.4, 0.5) is 0 Å². The van der Waals surface area contributed by atoms with E-state index in [1.165, 1.54) is 60.0 Å². The summed E-state index contributed by atoms with van der Waals surface area (Å²) in [7, 11) is 0. The van der Waals surface area contributed by atoms with Crippen LogP contribution in [0.1, 0.15) is 108 Å². The van der Waals surface area contributed by atoms with E-state index < -0.39 is 85.2 Å². The van der Waals surface area contributed by atoms with Crippen molar-refractivity contribution >= 4 is 39.8 Å². The third kappa shape index (κ3) is 21.3. The highest BCUT2D eigenvalue weighted by atomic mass is 79.9. The van der Waals surface area contributed by atoms with Crippen molar-refractivity contribution in [2.24, 2.45) is 10.8 Å². The Labute approximate surface area is 438 Å². The van der Waals surface area contributed by atoms with Gasteiger partial charge in [0.15, 0.2) is 30.3 Å². The molecule has 73 heavy (non-hydrogen) atoms. The van der Waals surface area contributed by atoms with Crippen LogP contribution in [0.5, 0.6) is 0 Å². The van der Waals surface area contributed by atoms with Gasteiger partial charge in [0, 0.05) is 0 Å². The molecule has 4 aliphatic rings. The smallest absolute Gasteiger partial charge is 0.378 e. The van der Waals surface area contributed by atoms with Crippen molar-refractivity contribution in [3.8, 4) is 0 Å². The Morgan fingerprint density at radius 1 is 0.671 bits per heavy atom. The van der Waals surface area contributed by atoms with Crippen molar-refractivity contribution in [3.05, 3.63) is 141 Å². The van der Waals surface area contributed by atoms with Gasteiger partial charge in [-0.1, -0.05) is 138 Å². The Hall–Kier alpha value is -5.72. The van der Waals surface area contributed by atoms with Crippen molar-refractivity contribution < 1.29 is 78.6 Å². The van der Waals surface area contributed by atoms with Gasteiger partial charge in [-0.2, -0.15) is 0 Å². The average molecular weight is 1090 g/mol. The zero-order valence-corrected chi connectivity index (χ0v) is 45.5. The van der Waals surface area contributed by atoms with Gasteiger partial charge in [-0.05, 0) is 114 Å². The van der Waals surface area contributed by atoms with E-state index in [-0.39, 0.29) is 28.7 Å². The van der Waals surface area contributed by atoms with E-state index in [1.807, 2.05) is 57.2 Å². The average Bonchev–Trinajstić information content (AvgIpc) is 3.76. The molecule has 2 heterocycles. The molecule has 0 radical (unpaired) electrons. The number of hydrogen-bond donors (Lipinski definition) is 7. The van der Waals surface area contributed by atoms with E-state index in [9.17, 15) is 29.4 Å². The molecular formula is C56H77BrO16. The van der Waals surface area contributed by atoms with E-state index in [0.29, 0.717) is 6.61 Å². The third-order valence-corrected chi connectivity index (χ3v) is 12.7. The molecule has 2 aliphatic heterocycles. The normalized spacial score (nSPS) is 21.6. The summed E-state index contributed by atoms with van der Waals surface area (Å²) in [4.78, 5) is 44.9. The molecule has 0 amide bonds. The van der Waals surface area contributed by atoms with Gasteiger partial charge in [-0.15, -0.1) is 0 Å². The molecule has 0 fully saturated rings. The minimum absolute atomic E-state index is 0.00658. The van der Waals surface area contributed by atoms with Crippen LogP contribution in [-0.4, -0.2) is 122 Å². The summed E-state index contributed by atoms with van der Waals surface area (Å²) in [6, 6.07) is 0. The zero-order chi connectivity index (χ0) is 55.1. The first-order chi connectivity index (χ1) is 34.3. The molecular weight excluding hydrogens is 1010 g/mol. The second-order valence-corrected chi connectivity index (χ2v) is 19.9. The maximum Gasteiger partial charge on any atom is 0.378 e. The highest BCUT2D eigenvalue weighted by Gasteiger charge is 2.41. The number of carbonyl (C=O) groups is 4. The summed E-state index contributed by atoms with van der Waals surface area (Å²) >= 11 is 3.07. The van der Waals surface area contributed by atoms with Crippen molar-refractivity contribution in [1.29, 1.82) is 0 Å². The largest absolute Gasteiger partial charge is 0.505 e. The van der Waals surface area contributed by atoms with Gasteiger partial charge in [0.25, 0.3) is 0 Å². The van der Waals surface area contributed by atoms with E-state index in [2.05, 4.69) is 99.5 Å². The van der Waals surface area contributed by atoms with Crippen LogP contribution in [0.3, 0.4) is 0 Å². The minimum atomic E-state index is -1.49. The first-order valence-electron chi connectivity index (χ1n) is 24.1. The van der Waals surface area contributed by atoms with Crippen molar-refractivity contribution in [1.82, 2.24) is 0 Å². The summed E-state index contributed by atoms with van der Waals surface area (Å²) in [5.41, 5.74) is 10.7. The van der Waals surface area contributed by atoms with E-state index in [1.54, 1.807) is 6.08 Å². The topological polar surface area (TPSA) is 256 Å². The second kappa shape index (κ2) is 31.1. The maximum absolute atomic E-state index is 11.9. The molecule has 4 rings (SSSR count). The fourth-order valence-corrected chi connectivity index (χ4v) is 8.09.